The van der Waals surface area contributed by atoms with Crippen LogP contribution in [0.2, 0.25) is 0 Å². The molecule has 7 nitrogen and oxygen atoms in total. The summed E-state index contributed by atoms with van der Waals surface area (Å²) >= 11 is 0. The van der Waals surface area contributed by atoms with Crippen LogP contribution in [-0.4, -0.2) is 57.2 Å². The van der Waals surface area contributed by atoms with Crippen molar-refractivity contribution in [1.29, 1.82) is 0 Å². The SMILES string of the molecule is CN(c1cnccn1)[C@H]1CC[C@@H]2CN(C(=O)c3ccn[nH]3)C[C@@H]21. The lowest BCUT2D eigenvalue weighted by atomic mass is 9.97. The fraction of sp³-hybridized carbons (Fsp3) is 0.500. The van der Waals surface area contributed by atoms with Gasteiger partial charge in [0.1, 0.15) is 11.5 Å². The van der Waals surface area contributed by atoms with Crippen LogP contribution in [0.1, 0.15) is 23.3 Å². The van der Waals surface area contributed by atoms with Crippen LogP contribution in [0.25, 0.3) is 0 Å². The van der Waals surface area contributed by atoms with E-state index in [9.17, 15) is 4.79 Å². The summed E-state index contributed by atoms with van der Waals surface area (Å²) in [4.78, 5) is 25.2. The van der Waals surface area contributed by atoms with Gasteiger partial charge in [-0.1, -0.05) is 0 Å². The Kier molecular flexibility index (Phi) is 3.48. The van der Waals surface area contributed by atoms with Crippen molar-refractivity contribution >= 4 is 11.7 Å². The molecule has 0 bridgehead atoms. The number of anilines is 1. The second kappa shape index (κ2) is 5.64. The molecule has 1 saturated carbocycles. The first-order chi connectivity index (χ1) is 11.2. The number of hydrogen-bond acceptors (Lipinski definition) is 5. The van der Waals surface area contributed by atoms with E-state index in [4.69, 9.17) is 0 Å². The van der Waals surface area contributed by atoms with Crippen molar-refractivity contribution in [2.24, 2.45) is 11.8 Å². The lowest BCUT2D eigenvalue weighted by molar-refractivity contribution is 0.0773. The topological polar surface area (TPSA) is 78.0 Å². The first-order valence-electron chi connectivity index (χ1n) is 8.01. The molecule has 2 fully saturated rings. The molecule has 4 rings (SSSR count). The number of fused-ring (bicyclic) bond motifs is 1. The van der Waals surface area contributed by atoms with Gasteiger partial charge in [0.15, 0.2) is 0 Å². The molecule has 0 spiro atoms. The van der Waals surface area contributed by atoms with E-state index in [0.717, 1.165) is 31.7 Å². The number of aromatic nitrogens is 4. The third-order valence-corrected chi connectivity index (χ3v) is 5.25. The van der Waals surface area contributed by atoms with E-state index in [1.165, 1.54) is 0 Å². The van der Waals surface area contributed by atoms with Crippen LogP contribution in [0, 0.1) is 11.8 Å². The van der Waals surface area contributed by atoms with Gasteiger partial charge in [0, 0.05) is 50.7 Å². The highest BCUT2D eigenvalue weighted by Crippen LogP contribution is 2.41. The second-order valence-corrected chi connectivity index (χ2v) is 6.42. The minimum atomic E-state index is 0.0535. The Morgan fingerprint density at radius 2 is 2.22 bits per heavy atom. The highest BCUT2D eigenvalue weighted by atomic mass is 16.2. The van der Waals surface area contributed by atoms with E-state index >= 15 is 0 Å². The number of nitrogens with zero attached hydrogens (tertiary/aromatic N) is 5. The molecule has 3 heterocycles. The van der Waals surface area contributed by atoms with Crippen LogP contribution in [-0.2, 0) is 0 Å². The fourth-order valence-corrected chi connectivity index (χ4v) is 4.07. The smallest absolute Gasteiger partial charge is 0.271 e. The molecule has 1 aliphatic heterocycles. The zero-order chi connectivity index (χ0) is 15.8. The van der Waals surface area contributed by atoms with Crippen molar-refractivity contribution in [2.45, 2.75) is 18.9 Å². The quantitative estimate of drug-likeness (QED) is 0.921. The summed E-state index contributed by atoms with van der Waals surface area (Å²) in [6.07, 6.45) is 9.14. The molecule has 0 radical (unpaired) electrons. The Hall–Kier alpha value is -2.44. The van der Waals surface area contributed by atoms with Crippen LogP contribution in [0.3, 0.4) is 0 Å². The fourth-order valence-electron chi connectivity index (χ4n) is 4.07. The van der Waals surface area contributed by atoms with Gasteiger partial charge in [-0.05, 0) is 24.8 Å². The standard InChI is InChI=1S/C16H20N6O/c1-21(15-8-17-6-7-18-15)14-3-2-11-9-22(10-12(11)14)16(23)13-4-5-19-20-13/h4-8,11-12,14H,2-3,9-10H2,1H3,(H,19,20)/t11-,12+,14+/m1/s1. The number of aromatic amines is 1. The summed E-state index contributed by atoms with van der Waals surface area (Å²) in [5.41, 5.74) is 0.573. The summed E-state index contributed by atoms with van der Waals surface area (Å²) in [5, 5.41) is 6.64. The molecule has 1 saturated heterocycles. The van der Waals surface area contributed by atoms with Crippen LogP contribution < -0.4 is 4.90 Å². The van der Waals surface area contributed by atoms with E-state index in [-0.39, 0.29) is 5.91 Å². The maximum Gasteiger partial charge on any atom is 0.271 e. The lowest BCUT2D eigenvalue weighted by Crippen LogP contribution is -2.39. The molecule has 0 aromatic carbocycles. The molecular weight excluding hydrogens is 292 g/mol. The highest BCUT2D eigenvalue weighted by Gasteiger charge is 2.45. The largest absolute Gasteiger partial charge is 0.355 e. The molecule has 7 heteroatoms. The first kappa shape index (κ1) is 14.2. The molecular formula is C16H20N6O. The van der Waals surface area contributed by atoms with Crippen molar-refractivity contribution in [2.75, 3.05) is 25.0 Å². The minimum Gasteiger partial charge on any atom is -0.355 e. The number of H-pyrrole nitrogens is 1. The molecule has 1 N–H and O–H groups in total. The molecule has 1 amide bonds. The maximum atomic E-state index is 12.5. The zero-order valence-corrected chi connectivity index (χ0v) is 13.1. The monoisotopic (exact) mass is 312 g/mol. The number of amides is 1. The van der Waals surface area contributed by atoms with Crippen molar-refractivity contribution < 1.29 is 4.79 Å². The Morgan fingerprint density at radius 3 is 2.96 bits per heavy atom. The Balaban J connectivity index is 1.48. The average Bonchev–Trinajstić information content (AvgIpc) is 3.30. The third-order valence-electron chi connectivity index (χ3n) is 5.25. The summed E-state index contributed by atoms with van der Waals surface area (Å²) < 4.78 is 0. The van der Waals surface area contributed by atoms with E-state index in [2.05, 4.69) is 32.1 Å². The molecule has 2 aromatic heterocycles. The Morgan fingerprint density at radius 1 is 1.30 bits per heavy atom. The zero-order valence-electron chi connectivity index (χ0n) is 13.1. The molecule has 3 atom stereocenters. The van der Waals surface area contributed by atoms with E-state index in [1.54, 1.807) is 30.9 Å². The normalized spacial score (nSPS) is 26.3. The summed E-state index contributed by atoms with van der Waals surface area (Å²) in [5.74, 6) is 2.02. The molecule has 23 heavy (non-hydrogen) atoms. The number of likely N-dealkylation sites (tertiary alicyclic amines) is 1. The van der Waals surface area contributed by atoms with Crippen molar-refractivity contribution in [3.8, 4) is 0 Å². The Bertz CT molecular complexity index is 673. The van der Waals surface area contributed by atoms with Gasteiger partial charge >= 0.3 is 0 Å². The van der Waals surface area contributed by atoms with E-state index < -0.39 is 0 Å². The Labute approximate surface area is 134 Å². The number of carbonyl (C=O) groups is 1. The van der Waals surface area contributed by atoms with Gasteiger partial charge in [0.25, 0.3) is 5.91 Å². The van der Waals surface area contributed by atoms with Crippen molar-refractivity contribution in [1.82, 2.24) is 25.1 Å². The predicted molar refractivity (Wildman–Crippen MR) is 84.9 cm³/mol. The summed E-state index contributed by atoms with van der Waals surface area (Å²) in [6.45, 7) is 1.64. The highest BCUT2D eigenvalue weighted by molar-refractivity contribution is 5.92. The first-order valence-corrected chi connectivity index (χ1v) is 8.01. The van der Waals surface area contributed by atoms with E-state index in [0.29, 0.717) is 23.6 Å². The molecule has 1 aliphatic carbocycles. The van der Waals surface area contributed by atoms with Crippen LogP contribution >= 0.6 is 0 Å². The lowest BCUT2D eigenvalue weighted by Gasteiger charge is -2.30. The van der Waals surface area contributed by atoms with Crippen LogP contribution in [0.5, 0.6) is 0 Å². The second-order valence-electron chi connectivity index (χ2n) is 6.42. The van der Waals surface area contributed by atoms with Gasteiger partial charge in [0.2, 0.25) is 0 Å². The van der Waals surface area contributed by atoms with Gasteiger partial charge in [0.05, 0.1) is 6.20 Å². The average molecular weight is 312 g/mol. The van der Waals surface area contributed by atoms with Crippen molar-refractivity contribution in [3.05, 3.63) is 36.5 Å². The summed E-state index contributed by atoms with van der Waals surface area (Å²) in [7, 11) is 2.08. The van der Waals surface area contributed by atoms with Crippen molar-refractivity contribution in [3.63, 3.8) is 0 Å². The van der Waals surface area contributed by atoms with Gasteiger partial charge in [-0.3, -0.25) is 14.9 Å². The summed E-state index contributed by atoms with van der Waals surface area (Å²) in [6, 6.07) is 2.15. The molecule has 0 unspecified atom stereocenters. The number of carbonyl (C=O) groups excluding carboxylic acids is 1. The van der Waals surface area contributed by atoms with E-state index in [1.807, 2.05) is 4.90 Å². The van der Waals surface area contributed by atoms with Gasteiger partial charge in [-0.25, -0.2) is 4.98 Å². The minimum absolute atomic E-state index is 0.0535. The van der Waals surface area contributed by atoms with Gasteiger partial charge in [-0.2, -0.15) is 5.10 Å². The molecule has 2 aromatic rings. The molecule has 2 aliphatic rings. The molecule has 120 valence electrons. The van der Waals surface area contributed by atoms with Crippen LogP contribution in [0.4, 0.5) is 5.82 Å². The van der Waals surface area contributed by atoms with Crippen LogP contribution in [0.15, 0.2) is 30.9 Å². The number of nitrogens with one attached hydrogen (secondary N) is 1. The maximum absolute atomic E-state index is 12.5. The number of hydrogen-bond donors (Lipinski definition) is 1. The third kappa shape index (κ3) is 2.46. The van der Waals surface area contributed by atoms with Gasteiger partial charge in [-0.15, -0.1) is 0 Å². The number of rotatable bonds is 3. The van der Waals surface area contributed by atoms with Gasteiger partial charge < -0.3 is 9.80 Å². The predicted octanol–water partition coefficient (Wildman–Crippen LogP) is 1.19.